The number of aliphatic hydroxyl groups is 1. The van der Waals surface area contributed by atoms with Crippen molar-refractivity contribution < 1.29 is 19.4 Å². The summed E-state index contributed by atoms with van der Waals surface area (Å²) in [6.07, 6.45) is 5.59. The molecule has 1 spiro atoms. The number of rotatable bonds is 5. The number of aryl methyl sites for hydroxylation is 1. The number of esters is 1. The molecular weight excluding hydrogens is 488 g/mol. The molecule has 7 heteroatoms. The summed E-state index contributed by atoms with van der Waals surface area (Å²) in [5.74, 6) is -0.384. The Balaban J connectivity index is 0.000000671. The highest BCUT2D eigenvalue weighted by atomic mass is 35.5. The number of halogens is 1. The number of anilines is 1. The molecule has 2 aromatic carbocycles. The van der Waals surface area contributed by atoms with Gasteiger partial charge in [-0.2, -0.15) is 0 Å². The maximum Gasteiger partial charge on any atom is 0.343 e. The van der Waals surface area contributed by atoms with Crippen LogP contribution in [0.25, 0.3) is 16.7 Å². The van der Waals surface area contributed by atoms with Gasteiger partial charge in [-0.3, -0.25) is 0 Å². The maximum atomic E-state index is 12.7. The third kappa shape index (κ3) is 7.70. The van der Waals surface area contributed by atoms with Crippen LogP contribution in [0.3, 0.4) is 0 Å². The quantitative estimate of drug-likeness (QED) is 0.283. The van der Waals surface area contributed by atoms with Crippen LogP contribution in [-0.2, 0) is 14.3 Å². The normalized spacial score (nSPS) is 15.3. The van der Waals surface area contributed by atoms with Crippen molar-refractivity contribution in [3.63, 3.8) is 0 Å². The summed E-state index contributed by atoms with van der Waals surface area (Å²) >= 11 is 6.61. The van der Waals surface area contributed by atoms with E-state index in [2.05, 4.69) is 30.7 Å². The lowest BCUT2D eigenvalue weighted by atomic mass is 9.82. The number of carbonyl (C=O) groups is 2. The third-order valence-electron chi connectivity index (χ3n) is 6.37. The van der Waals surface area contributed by atoms with Gasteiger partial charge < -0.3 is 25.3 Å². The molecule has 2 aromatic rings. The molecule has 1 fully saturated rings. The molecule has 0 saturated heterocycles. The molecule has 37 heavy (non-hydrogen) atoms. The van der Waals surface area contributed by atoms with Crippen molar-refractivity contribution in [1.29, 1.82) is 0 Å². The molecule has 0 unspecified atom stereocenters. The first-order valence-electron chi connectivity index (χ1n) is 12.6. The van der Waals surface area contributed by atoms with Crippen molar-refractivity contribution in [1.82, 2.24) is 5.32 Å². The summed E-state index contributed by atoms with van der Waals surface area (Å²) in [5.41, 5.74) is 3.81. The van der Waals surface area contributed by atoms with Crippen molar-refractivity contribution in [2.24, 2.45) is 0 Å². The van der Waals surface area contributed by atoms with Crippen molar-refractivity contribution in [2.45, 2.75) is 58.0 Å². The van der Waals surface area contributed by atoms with E-state index in [1.807, 2.05) is 58.1 Å². The topological polar surface area (TPSA) is 87.7 Å². The highest BCUT2D eigenvalue weighted by Crippen LogP contribution is 2.46. The van der Waals surface area contributed by atoms with E-state index in [9.17, 15) is 9.90 Å². The van der Waals surface area contributed by atoms with Gasteiger partial charge in [0.25, 0.3) is 0 Å². The van der Waals surface area contributed by atoms with Crippen LogP contribution in [0.5, 0.6) is 0 Å². The molecule has 0 atom stereocenters. The number of carbonyl (C=O) groups excluding carboxylic acids is 2. The third-order valence-corrected chi connectivity index (χ3v) is 6.68. The van der Waals surface area contributed by atoms with Gasteiger partial charge in [0.05, 0.1) is 0 Å². The second kappa shape index (κ2) is 15.9. The van der Waals surface area contributed by atoms with E-state index in [1.165, 1.54) is 6.42 Å². The summed E-state index contributed by atoms with van der Waals surface area (Å²) in [5, 5.41) is 17.6. The second-order valence-corrected chi connectivity index (χ2v) is 9.16. The zero-order valence-electron chi connectivity index (χ0n) is 22.6. The maximum absolute atomic E-state index is 12.7. The Morgan fingerprint density at radius 1 is 1.05 bits per heavy atom. The Bertz CT molecular complexity index is 1060. The molecule has 0 bridgehead atoms. The number of nitrogens with one attached hydrogen (secondary N) is 2. The molecule has 1 aliphatic carbocycles. The summed E-state index contributed by atoms with van der Waals surface area (Å²) in [6, 6.07) is 11.7. The van der Waals surface area contributed by atoms with Gasteiger partial charge in [-0.1, -0.05) is 37.1 Å². The van der Waals surface area contributed by atoms with E-state index in [-0.39, 0.29) is 11.3 Å². The molecule has 0 radical (unpaired) electrons. The second-order valence-electron chi connectivity index (χ2n) is 8.75. The van der Waals surface area contributed by atoms with E-state index in [0.717, 1.165) is 48.2 Å². The first kappa shape index (κ1) is 31.9. The number of hydrogen-bond donors (Lipinski definition) is 3. The van der Waals surface area contributed by atoms with Crippen LogP contribution in [0.2, 0.25) is 5.02 Å². The van der Waals surface area contributed by atoms with Crippen LogP contribution < -0.4 is 10.6 Å². The van der Waals surface area contributed by atoms with Crippen LogP contribution in [0.15, 0.2) is 55.3 Å². The number of benzene rings is 2. The van der Waals surface area contributed by atoms with E-state index in [4.69, 9.17) is 21.1 Å². The fraction of sp³-hybridized carbons (Fsp3) is 0.400. The average Bonchev–Trinajstić information content (AvgIpc) is 3.16. The molecule has 1 saturated carbocycles. The Kier molecular flexibility index (Phi) is 13.7. The molecule has 3 N–H and O–H groups in total. The van der Waals surface area contributed by atoms with Crippen LogP contribution in [-0.4, -0.2) is 44.1 Å². The van der Waals surface area contributed by atoms with Crippen molar-refractivity contribution in [2.75, 3.05) is 26.0 Å². The number of aliphatic hydroxyl groups excluding tert-OH is 1. The minimum Gasteiger partial charge on any atom is -0.507 e. The van der Waals surface area contributed by atoms with Crippen molar-refractivity contribution in [3.8, 4) is 11.1 Å². The summed E-state index contributed by atoms with van der Waals surface area (Å²) in [7, 11) is 3.83. The van der Waals surface area contributed by atoms with Gasteiger partial charge in [-0.05, 0) is 93.6 Å². The zero-order valence-corrected chi connectivity index (χ0v) is 23.3. The lowest BCUT2D eigenvalue weighted by Crippen LogP contribution is -2.34. The minimum atomic E-state index is -0.844. The van der Waals surface area contributed by atoms with E-state index < -0.39 is 11.6 Å². The standard InChI is InChI=1S/C23H24ClNO3.C4H11N.C2H4.CH2O/c1-14-11-18(15-7-6-8-16(12-15)25-2)19(24)13-17(14)20-21(26)23(28-22(20)27)9-4-3-5-10-23;1-3-4-5-2;2*1-2/h6-8,11-13,25-26H,3-5,9-10H2,1-2H3;5H,3-4H2,1-2H3;1-2H2;1H2. The van der Waals surface area contributed by atoms with E-state index in [1.54, 1.807) is 6.07 Å². The van der Waals surface area contributed by atoms with Gasteiger partial charge in [-0.25, -0.2) is 4.79 Å². The van der Waals surface area contributed by atoms with Gasteiger partial charge in [0.15, 0.2) is 11.4 Å². The van der Waals surface area contributed by atoms with Gasteiger partial charge in [0.1, 0.15) is 12.4 Å². The highest BCUT2D eigenvalue weighted by Gasteiger charge is 2.49. The minimum absolute atomic E-state index is 0.0706. The molecule has 0 aromatic heterocycles. The van der Waals surface area contributed by atoms with Gasteiger partial charge in [0, 0.05) is 23.3 Å². The van der Waals surface area contributed by atoms with E-state index in [0.29, 0.717) is 23.4 Å². The molecule has 0 amide bonds. The fourth-order valence-corrected chi connectivity index (χ4v) is 4.84. The molecule has 1 aliphatic heterocycles. The predicted octanol–water partition coefficient (Wildman–Crippen LogP) is 7.12. The predicted molar refractivity (Wildman–Crippen MR) is 155 cm³/mol. The SMILES string of the molecule is C=C.C=O.CCCNC.CNc1cccc(-c2cc(C)c(C3=C(O)C4(CCCCC4)OC3=O)cc2Cl)c1. The molecule has 202 valence electrons. The van der Waals surface area contributed by atoms with Crippen LogP contribution in [0.1, 0.15) is 56.6 Å². The van der Waals surface area contributed by atoms with Crippen molar-refractivity contribution in [3.05, 3.63) is 71.5 Å². The first-order valence-corrected chi connectivity index (χ1v) is 12.9. The summed E-state index contributed by atoms with van der Waals surface area (Å²) in [6.45, 7) is 13.2. The van der Waals surface area contributed by atoms with Gasteiger partial charge >= 0.3 is 5.97 Å². The number of hydrogen-bond acceptors (Lipinski definition) is 6. The monoisotopic (exact) mass is 528 g/mol. The lowest BCUT2D eigenvalue weighted by molar-refractivity contribution is -0.149. The first-order chi connectivity index (χ1) is 17.9. The number of ether oxygens (including phenoxy) is 1. The highest BCUT2D eigenvalue weighted by molar-refractivity contribution is 6.34. The van der Waals surface area contributed by atoms with Gasteiger partial charge in [-0.15, -0.1) is 13.2 Å². The summed E-state index contributed by atoms with van der Waals surface area (Å²) < 4.78 is 5.69. The van der Waals surface area contributed by atoms with E-state index >= 15 is 0 Å². The van der Waals surface area contributed by atoms with Crippen molar-refractivity contribution >= 4 is 35.6 Å². The molecule has 4 rings (SSSR count). The van der Waals surface area contributed by atoms with Crippen LogP contribution >= 0.6 is 11.6 Å². The Hall–Kier alpha value is -3.09. The zero-order chi connectivity index (χ0) is 28.0. The largest absolute Gasteiger partial charge is 0.507 e. The molecular formula is C30H41ClN2O4. The van der Waals surface area contributed by atoms with Crippen LogP contribution in [0.4, 0.5) is 5.69 Å². The molecule has 2 aliphatic rings. The smallest absolute Gasteiger partial charge is 0.343 e. The Labute approximate surface area is 226 Å². The Morgan fingerprint density at radius 3 is 2.24 bits per heavy atom. The summed E-state index contributed by atoms with van der Waals surface area (Å²) in [4.78, 5) is 20.7. The van der Waals surface area contributed by atoms with Gasteiger partial charge in [0.2, 0.25) is 0 Å². The lowest BCUT2D eigenvalue weighted by Gasteiger charge is -2.31. The molecule has 1 heterocycles. The Morgan fingerprint density at radius 2 is 1.70 bits per heavy atom. The fourth-order valence-electron chi connectivity index (χ4n) is 4.56. The average molecular weight is 529 g/mol. The molecule has 6 nitrogen and oxygen atoms in total. The van der Waals surface area contributed by atoms with Crippen LogP contribution in [0, 0.1) is 6.92 Å².